The van der Waals surface area contributed by atoms with Crippen LogP contribution in [0, 0.1) is 0 Å². The van der Waals surface area contributed by atoms with Crippen molar-refractivity contribution in [2.75, 3.05) is 40.4 Å². The summed E-state index contributed by atoms with van der Waals surface area (Å²) in [5.41, 5.74) is 0. The molecule has 96 valence electrons. The summed E-state index contributed by atoms with van der Waals surface area (Å²) in [5.74, 6) is 0. The van der Waals surface area contributed by atoms with Crippen LogP contribution < -0.4 is 10.6 Å². The molecular formula is C11H25N3OS. The van der Waals surface area contributed by atoms with Gasteiger partial charge < -0.3 is 20.3 Å². The summed E-state index contributed by atoms with van der Waals surface area (Å²) in [6.07, 6.45) is 0.984. The van der Waals surface area contributed by atoms with E-state index >= 15 is 0 Å². The van der Waals surface area contributed by atoms with Crippen molar-refractivity contribution in [3.8, 4) is 0 Å². The van der Waals surface area contributed by atoms with Crippen molar-refractivity contribution < 1.29 is 4.74 Å². The smallest absolute Gasteiger partial charge is 0.166 e. The third-order valence-corrected chi connectivity index (χ3v) is 2.23. The molecule has 0 amide bonds. The zero-order valence-electron chi connectivity index (χ0n) is 10.9. The van der Waals surface area contributed by atoms with Gasteiger partial charge in [0.2, 0.25) is 0 Å². The Morgan fingerprint density at radius 2 is 2.12 bits per heavy atom. The lowest BCUT2D eigenvalue weighted by atomic mass is 10.3. The van der Waals surface area contributed by atoms with Crippen LogP contribution in [0.4, 0.5) is 0 Å². The molecule has 16 heavy (non-hydrogen) atoms. The van der Waals surface area contributed by atoms with Crippen LogP contribution in [0.1, 0.15) is 20.3 Å². The molecule has 0 saturated heterocycles. The first-order chi connectivity index (χ1) is 7.56. The maximum atomic E-state index is 5.24. The lowest BCUT2D eigenvalue weighted by Gasteiger charge is -2.20. The molecule has 0 spiro atoms. The monoisotopic (exact) mass is 247 g/mol. The fourth-order valence-corrected chi connectivity index (χ4v) is 1.69. The molecule has 0 aliphatic carbocycles. The molecule has 2 N–H and O–H groups in total. The first kappa shape index (κ1) is 15.6. The molecule has 0 radical (unpaired) electrons. The fraction of sp³-hybridized carbons (Fsp3) is 0.909. The molecular weight excluding hydrogens is 222 g/mol. The molecule has 0 saturated carbocycles. The average molecular weight is 247 g/mol. The van der Waals surface area contributed by atoms with E-state index in [1.54, 1.807) is 0 Å². The van der Waals surface area contributed by atoms with Crippen LogP contribution in [0.25, 0.3) is 0 Å². The van der Waals surface area contributed by atoms with E-state index in [0.717, 1.165) is 37.8 Å². The largest absolute Gasteiger partial charge is 0.382 e. The van der Waals surface area contributed by atoms with E-state index in [1.165, 1.54) is 0 Å². The van der Waals surface area contributed by atoms with Crippen LogP contribution in [0.5, 0.6) is 0 Å². The minimum Gasteiger partial charge on any atom is -0.382 e. The van der Waals surface area contributed by atoms with Gasteiger partial charge >= 0.3 is 0 Å². The minimum atomic E-state index is 0.363. The van der Waals surface area contributed by atoms with Gasteiger partial charge in [0, 0.05) is 32.3 Å². The second-order valence-electron chi connectivity index (χ2n) is 4.11. The molecule has 1 atom stereocenters. The summed E-state index contributed by atoms with van der Waals surface area (Å²) in [6, 6.07) is 0.363. The van der Waals surface area contributed by atoms with Gasteiger partial charge in [-0.25, -0.2) is 0 Å². The lowest BCUT2D eigenvalue weighted by Crippen LogP contribution is -2.44. The highest BCUT2D eigenvalue weighted by Crippen LogP contribution is 1.86. The summed E-state index contributed by atoms with van der Waals surface area (Å²) in [6.45, 7) is 7.53. The number of hydrogen-bond acceptors (Lipinski definition) is 3. The average Bonchev–Trinajstić information content (AvgIpc) is 2.15. The van der Waals surface area contributed by atoms with Gasteiger partial charge in [-0.2, -0.15) is 0 Å². The molecule has 0 aromatic rings. The van der Waals surface area contributed by atoms with Gasteiger partial charge in [0.05, 0.1) is 0 Å². The highest BCUT2D eigenvalue weighted by Gasteiger charge is 2.04. The van der Waals surface area contributed by atoms with Crippen LogP contribution in [0.3, 0.4) is 0 Å². The van der Waals surface area contributed by atoms with Crippen LogP contribution in [0.2, 0.25) is 0 Å². The Balaban J connectivity index is 3.43. The number of rotatable bonds is 8. The minimum absolute atomic E-state index is 0.363. The number of ether oxygens (including phenoxy) is 1. The van der Waals surface area contributed by atoms with Crippen molar-refractivity contribution in [3.63, 3.8) is 0 Å². The molecule has 0 aliphatic rings. The number of likely N-dealkylation sites (N-methyl/N-ethyl adjacent to an activating group) is 1. The van der Waals surface area contributed by atoms with Crippen molar-refractivity contribution in [3.05, 3.63) is 0 Å². The molecule has 1 unspecified atom stereocenters. The van der Waals surface area contributed by atoms with E-state index in [-0.39, 0.29) is 0 Å². The predicted octanol–water partition coefficient (Wildman–Crippen LogP) is 0.827. The Morgan fingerprint density at radius 1 is 1.44 bits per heavy atom. The van der Waals surface area contributed by atoms with E-state index in [2.05, 4.69) is 36.6 Å². The molecule has 0 rings (SSSR count). The Bertz CT molecular complexity index is 188. The van der Waals surface area contributed by atoms with E-state index in [0.29, 0.717) is 6.04 Å². The number of thiocarbonyl (C=S) groups is 1. The third-order valence-electron chi connectivity index (χ3n) is 1.97. The predicted molar refractivity (Wildman–Crippen MR) is 72.9 cm³/mol. The van der Waals surface area contributed by atoms with E-state index < -0.39 is 0 Å². The Hall–Kier alpha value is -0.390. The highest BCUT2D eigenvalue weighted by molar-refractivity contribution is 7.80. The molecule has 0 aromatic carbocycles. The normalized spacial score (nSPS) is 12.6. The van der Waals surface area contributed by atoms with Crippen molar-refractivity contribution in [1.29, 1.82) is 0 Å². The first-order valence-electron chi connectivity index (χ1n) is 5.83. The van der Waals surface area contributed by atoms with Crippen LogP contribution in [-0.2, 0) is 4.74 Å². The molecule has 0 aromatic heterocycles. The molecule has 5 heteroatoms. The van der Waals surface area contributed by atoms with Crippen LogP contribution in [-0.4, -0.2) is 56.5 Å². The van der Waals surface area contributed by atoms with E-state index in [4.69, 9.17) is 17.0 Å². The topological polar surface area (TPSA) is 36.5 Å². The fourth-order valence-electron chi connectivity index (χ4n) is 1.39. The molecule has 0 fully saturated rings. The standard InChI is InChI=1S/C11H25N3OS/c1-5-15-8-6-7-12-11(16)13-10(2)9-14(3)4/h10H,5-9H2,1-4H3,(H2,12,13,16). The van der Waals surface area contributed by atoms with Crippen molar-refractivity contribution in [2.24, 2.45) is 0 Å². The summed E-state index contributed by atoms with van der Waals surface area (Å²) < 4.78 is 5.24. The Labute approximate surface area is 105 Å². The lowest BCUT2D eigenvalue weighted by molar-refractivity contribution is 0.145. The van der Waals surface area contributed by atoms with Crippen molar-refractivity contribution in [2.45, 2.75) is 26.3 Å². The van der Waals surface area contributed by atoms with Crippen LogP contribution in [0.15, 0.2) is 0 Å². The second-order valence-corrected chi connectivity index (χ2v) is 4.52. The van der Waals surface area contributed by atoms with Gasteiger partial charge in [-0.3, -0.25) is 0 Å². The van der Waals surface area contributed by atoms with Gasteiger partial charge in [-0.05, 0) is 46.6 Å². The van der Waals surface area contributed by atoms with Gasteiger partial charge in [-0.15, -0.1) is 0 Å². The quantitative estimate of drug-likeness (QED) is 0.491. The third kappa shape index (κ3) is 10.1. The van der Waals surface area contributed by atoms with Gasteiger partial charge in [0.1, 0.15) is 0 Å². The van der Waals surface area contributed by atoms with Crippen molar-refractivity contribution in [1.82, 2.24) is 15.5 Å². The van der Waals surface area contributed by atoms with E-state index in [9.17, 15) is 0 Å². The maximum absolute atomic E-state index is 5.24. The van der Waals surface area contributed by atoms with Crippen LogP contribution >= 0.6 is 12.2 Å². The summed E-state index contributed by atoms with van der Waals surface area (Å²) >= 11 is 5.18. The number of nitrogens with one attached hydrogen (secondary N) is 2. The van der Waals surface area contributed by atoms with Gasteiger partial charge in [-0.1, -0.05) is 0 Å². The Kier molecular flexibility index (Phi) is 9.57. The number of hydrogen-bond donors (Lipinski definition) is 2. The summed E-state index contributed by atoms with van der Waals surface area (Å²) in [5, 5.41) is 7.14. The van der Waals surface area contributed by atoms with Gasteiger partial charge in [0.15, 0.2) is 5.11 Å². The zero-order valence-corrected chi connectivity index (χ0v) is 11.7. The zero-order chi connectivity index (χ0) is 12.4. The second kappa shape index (κ2) is 9.81. The first-order valence-corrected chi connectivity index (χ1v) is 6.24. The Morgan fingerprint density at radius 3 is 2.69 bits per heavy atom. The number of nitrogens with zero attached hydrogens (tertiary/aromatic N) is 1. The highest BCUT2D eigenvalue weighted by atomic mass is 32.1. The molecule has 0 bridgehead atoms. The SMILES string of the molecule is CCOCCCNC(=S)NC(C)CN(C)C. The van der Waals surface area contributed by atoms with Crippen molar-refractivity contribution >= 4 is 17.3 Å². The summed E-state index contributed by atoms with van der Waals surface area (Å²) in [7, 11) is 4.10. The molecule has 0 aliphatic heterocycles. The molecule has 0 heterocycles. The maximum Gasteiger partial charge on any atom is 0.166 e. The van der Waals surface area contributed by atoms with E-state index in [1.807, 2.05) is 6.92 Å². The summed E-state index contributed by atoms with van der Waals surface area (Å²) in [4.78, 5) is 2.13. The van der Waals surface area contributed by atoms with Gasteiger partial charge in [0.25, 0.3) is 0 Å². The molecule has 4 nitrogen and oxygen atoms in total.